The summed E-state index contributed by atoms with van der Waals surface area (Å²) < 4.78 is 6.20. The number of aryl methyl sites for hydroxylation is 1. The highest BCUT2D eigenvalue weighted by Gasteiger charge is 2.17. The molecular formula is C17H23NOS. The van der Waals surface area contributed by atoms with Gasteiger partial charge in [-0.3, -0.25) is 0 Å². The summed E-state index contributed by atoms with van der Waals surface area (Å²) in [6, 6.07) is 12.5. The Morgan fingerprint density at radius 1 is 1.20 bits per heavy atom. The summed E-state index contributed by atoms with van der Waals surface area (Å²) in [5.41, 5.74) is 7.17. The number of ether oxygens (including phenoxy) is 1. The fraction of sp³-hybridized carbons (Fsp3) is 0.412. The highest BCUT2D eigenvalue weighted by molar-refractivity contribution is 7.12. The molecule has 1 aromatic heterocycles. The van der Waals surface area contributed by atoms with Crippen LogP contribution in [0, 0.1) is 6.92 Å². The Morgan fingerprint density at radius 2 is 1.95 bits per heavy atom. The first kappa shape index (κ1) is 15.1. The molecule has 0 radical (unpaired) electrons. The van der Waals surface area contributed by atoms with E-state index in [0.29, 0.717) is 12.5 Å². The number of hydrogen-bond acceptors (Lipinski definition) is 3. The van der Waals surface area contributed by atoms with Crippen molar-refractivity contribution in [1.29, 1.82) is 0 Å². The van der Waals surface area contributed by atoms with Crippen molar-refractivity contribution in [3.05, 3.63) is 51.7 Å². The normalized spacial score (nSPS) is 14.0. The quantitative estimate of drug-likeness (QED) is 0.840. The van der Waals surface area contributed by atoms with Gasteiger partial charge in [0.2, 0.25) is 0 Å². The van der Waals surface area contributed by atoms with Gasteiger partial charge in [-0.1, -0.05) is 32.0 Å². The Kier molecular flexibility index (Phi) is 5.21. The fourth-order valence-corrected chi connectivity index (χ4v) is 3.14. The Bertz CT molecular complexity index is 549. The van der Waals surface area contributed by atoms with Crippen LogP contribution in [-0.2, 0) is 0 Å². The van der Waals surface area contributed by atoms with E-state index in [1.165, 1.54) is 15.3 Å². The molecule has 2 unspecified atom stereocenters. The molecule has 108 valence electrons. The number of nitrogens with two attached hydrogens (primary N) is 1. The van der Waals surface area contributed by atoms with Crippen LogP contribution in [-0.4, -0.2) is 6.54 Å². The smallest absolute Gasteiger partial charge is 0.145 e. The first-order chi connectivity index (χ1) is 9.65. The maximum Gasteiger partial charge on any atom is 0.145 e. The lowest BCUT2D eigenvalue weighted by atomic mass is 9.98. The number of para-hydroxylation sites is 1. The molecule has 0 saturated heterocycles. The first-order valence-electron chi connectivity index (χ1n) is 7.17. The first-order valence-corrected chi connectivity index (χ1v) is 7.99. The van der Waals surface area contributed by atoms with Crippen molar-refractivity contribution >= 4 is 11.3 Å². The molecule has 0 saturated carbocycles. The molecule has 2 aromatic rings. The van der Waals surface area contributed by atoms with Crippen LogP contribution in [0.15, 0.2) is 36.4 Å². The van der Waals surface area contributed by atoms with Crippen molar-refractivity contribution in [2.45, 2.75) is 39.2 Å². The van der Waals surface area contributed by atoms with Crippen LogP contribution >= 0.6 is 11.3 Å². The van der Waals surface area contributed by atoms with Gasteiger partial charge in [-0.15, -0.1) is 11.3 Å². The van der Waals surface area contributed by atoms with Gasteiger partial charge in [-0.2, -0.15) is 0 Å². The van der Waals surface area contributed by atoms with Gasteiger partial charge in [0.05, 0.1) is 0 Å². The highest BCUT2D eigenvalue weighted by atomic mass is 32.1. The topological polar surface area (TPSA) is 35.2 Å². The molecule has 20 heavy (non-hydrogen) atoms. The fourth-order valence-electron chi connectivity index (χ4n) is 2.22. The minimum Gasteiger partial charge on any atom is -0.483 e. The maximum atomic E-state index is 6.20. The average molecular weight is 289 g/mol. The van der Waals surface area contributed by atoms with E-state index < -0.39 is 0 Å². The molecule has 0 aliphatic heterocycles. The van der Waals surface area contributed by atoms with Crippen molar-refractivity contribution < 1.29 is 4.74 Å². The van der Waals surface area contributed by atoms with E-state index in [2.05, 4.69) is 45.0 Å². The molecule has 2 atom stereocenters. The molecule has 2 nitrogen and oxygen atoms in total. The second-order valence-corrected chi connectivity index (χ2v) is 6.46. The maximum absolute atomic E-state index is 6.20. The molecule has 0 amide bonds. The van der Waals surface area contributed by atoms with E-state index in [9.17, 15) is 0 Å². The number of benzene rings is 1. The molecule has 2 rings (SSSR count). The van der Waals surface area contributed by atoms with Gasteiger partial charge in [0.25, 0.3) is 0 Å². The zero-order valence-electron chi connectivity index (χ0n) is 12.4. The van der Waals surface area contributed by atoms with Gasteiger partial charge >= 0.3 is 0 Å². The third-order valence-corrected chi connectivity index (χ3v) is 4.72. The van der Waals surface area contributed by atoms with E-state index >= 15 is 0 Å². The Labute approximate surface area is 125 Å². The minimum atomic E-state index is -0.0566. The van der Waals surface area contributed by atoms with Gasteiger partial charge < -0.3 is 10.5 Å². The Balaban J connectivity index is 2.24. The standard InChI is InChI=1S/C17H23NOS/c1-4-12(2)14-7-5-6-8-15(14)19-16(11-18)17-10-9-13(3)20-17/h5-10,12,16H,4,11,18H2,1-3H3. The minimum absolute atomic E-state index is 0.0566. The summed E-state index contributed by atoms with van der Waals surface area (Å²) >= 11 is 1.75. The summed E-state index contributed by atoms with van der Waals surface area (Å²) in [5, 5.41) is 0. The number of thiophene rings is 1. The summed E-state index contributed by atoms with van der Waals surface area (Å²) in [7, 11) is 0. The second kappa shape index (κ2) is 6.91. The lowest BCUT2D eigenvalue weighted by molar-refractivity contribution is 0.215. The van der Waals surface area contributed by atoms with Crippen LogP contribution in [0.4, 0.5) is 0 Å². The van der Waals surface area contributed by atoms with Crippen molar-refractivity contribution in [1.82, 2.24) is 0 Å². The number of hydrogen-bond donors (Lipinski definition) is 1. The van der Waals surface area contributed by atoms with Crippen LogP contribution in [0.3, 0.4) is 0 Å². The molecule has 0 aliphatic carbocycles. The highest BCUT2D eigenvalue weighted by Crippen LogP contribution is 2.33. The molecule has 3 heteroatoms. The summed E-state index contributed by atoms with van der Waals surface area (Å²) in [6.45, 7) is 7.03. The molecule has 1 aromatic carbocycles. The Hall–Kier alpha value is -1.32. The van der Waals surface area contributed by atoms with Crippen molar-refractivity contribution in [2.75, 3.05) is 6.54 Å². The molecule has 0 bridgehead atoms. The summed E-state index contributed by atoms with van der Waals surface area (Å²) in [4.78, 5) is 2.49. The van der Waals surface area contributed by atoms with E-state index in [-0.39, 0.29) is 6.10 Å². The van der Waals surface area contributed by atoms with Crippen LogP contribution in [0.1, 0.15) is 47.6 Å². The monoisotopic (exact) mass is 289 g/mol. The van der Waals surface area contributed by atoms with E-state index in [1.54, 1.807) is 11.3 Å². The van der Waals surface area contributed by atoms with E-state index in [1.807, 2.05) is 12.1 Å². The van der Waals surface area contributed by atoms with Gasteiger partial charge in [-0.05, 0) is 43.0 Å². The van der Waals surface area contributed by atoms with Gasteiger partial charge in [-0.25, -0.2) is 0 Å². The van der Waals surface area contributed by atoms with Gasteiger partial charge in [0.15, 0.2) is 0 Å². The lowest BCUT2D eigenvalue weighted by Crippen LogP contribution is -2.18. The molecular weight excluding hydrogens is 266 g/mol. The summed E-state index contributed by atoms with van der Waals surface area (Å²) in [5.74, 6) is 1.46. The Morgan fingerprint density at radius 3 is 2.55 bits per heavy atom. The van der Waals surface area contributed by atoms with Crippen molar-refractivity contribution in [2.24, 2.45) is 5.73 Å². The second-order valence-electron chi connectivity index (χ2n) is 5.14. The summed E-state index contributed by atoms with van der Waals surface area (Å²) in [6.07, 6.45) is 1.05. The number of rotatable bonds is 6. The van der Waals surface area contributed by atoms with Gasteiger partial charge in [0.1, 0.15) is 11.9 Å². The predicted molar refractivity (Wildman–Crippen MR) is 86.6 cm³/mol. The average Bonchev–Trinajstić information content (AvgIpc) is 2.90. The van der Waals surface area contributed by atoms with E-state index in [4.69, 9.17) is 10.5 Å². The third-order valence-electron chi connectivity index (χ3n) is 3.62. The van der Waals surface area contributed by atoms with E-state index in [0.717, 1.165) is 12.2 Å². The van der Waals surface area contributed by atoms with Crippen molar-refractivity contribution in [3.63, 3.8) is 0 Å². The van der Waals surface area contributed by atoms with Crippen LogP contribution in [0.2, 0.25) is 0 Å². The molecule has 0 aliphatic rings. The van der Waals surface area contributed by atoms with Crippen LogP contribution in [0.5, 0.6) is 5.75 Å². The third kappa shape index (κ3) is 3.41. The zero-order valence-corrected chi connectivity index (χ0v) is 13.2. The van der Waals surface area contributed by atoms with Crippen LogP contribution < -0.4 is 10.5 Å². The SMILES string of the molecule is CCC(C)c1ccccc1OC(CN)c1ccc(C)s1. The molecule has 0 fully saturated rings. The van der Waals surface area contributed by atoms with Gasteiger partial charge in [0, 0.05) is 16.3 Å². The molecule has 2 N–H and O–H groups in total. The molecule has 1 heterocycles. The zero-order chi connectivity index (χ0) is 14.5. The predicted octanol–water partition coefficient (Wildman–Crippen LogP) is 4.65. The molecule has 0 spiro atoms. The lowest BCUT2D eigenvalue weighted by Gasteiger charge is -2.21. The largest absolute Gasteiger partial charge is 0.483 e. The van der Waals surface area contributed by atoms with Crippen molar-refractivity contribution in [3.8, 4) is 5.75 Å². The van der Waals surface area contributed by atoms with Crippen LogP contribution in [0.25, 0.3) is 0 Å².